The number of hydrogen-bond acceptors (Lipinski definition) is 3. The maximum Gasteiger partial charge on any atom is 0.310 e. The standard InChI is InChI=1S/C23H42O4/c1-4-7-9-13-18(12-6-3)17-19(14-8-5-2)27-23(26)21-16-11-10-15-20(21)22(24)25/h18-21H,4-17H2,1-3H3,(H,24,25). The molecule has 1 fully saturated rings. The van der Waals surface area contributed by atoms with E-state index in [1.165, 1.54) is 32.1 Å². The summed E-state index contributed by atoms with van der Waals surface area (Å²) in [5.74, 6) is -1.51. The molecule has 4 nitrogen and oxygen atoms in total. The van der Waals surface area contributed by atoms with Crippen molar-refractivity contribution in [3.8, 4) is 0 Å². The third-order valence-electron chi connectivity index (χ3n) is 6.06. The van der Waals surface area contributed by atoms with E-state index in [9.17, 15) is 14.7 Å². The zero-order chi connectivity index (χ0) is 20.1. The van der Waals surface area contributed by atoms with E-state index in [1.54, 1.807) is 0 Å². The molecule has 0 aromatic rings. The van der Waals surface area contributed by atoms with Crippen molar-refractivity contribution in [2.24, 2.45) is 17.8 Å². The minimum Gasteiger partial charge on any atom is -0.481 e. The predicted molar refractivity (Wildman–Crippen MR) is 110 cm³/mol. The molecule has 1 N–H and O–H groups in total. The number of rotatable bonds is 14. The molecule has 4 unspecified atom stereocenters. The van der Waals surface area contributed by atoms with Gasteiger partial charge in [-0.15, -0.1) is 0 Å². The van der Waals surface area contributed by atoms with E-state index in [4.69, 9.17) is 4.74 Å². The molecule has 0 aromatic heterocycles. The molecule has 0 heterocycles. The first-order valence-corrected chi connectivity index (χ1v) is 11.5. The van der Waals surface area contributed by atoms with Crippen LogP contribution in [0.2, 0.25) is 0 Å². The highest BCUT2D eigenvalue weighted by atomic mass is 16.5. The second kappa shape index (κ2) is 14.0. The number of unbranched alkanes of at least 4 members (excludes halogenated alkanes) is 3. The average molecular weight is 383 g/mol. The zero-order valence-electron chi connectivity index (χ0n) is 17.9. The summed E-state index contributed by atoms with van der Waals surface area (Å²) in [6, 6.07) is 0. The van der Waals surface area contributed by atoms with Gasteiger partial charge in [-0.1, -0.05) is 85.0 Å². The van der Waals surface area contributed by atoms with Crippen LogP contribution in [0.25, 0.3) is 0 Å². The van der Waals surface area contributed by atoms with Gasteiger partial charge in [-0.25, -0.2) is 0 Å². The third-order valence-corrected chi connectivity index (χ3v) is 6.06. The van der Waals surface area contributed by atoms with Gasteiger partial charge >= 0.3 is 11.9 Å². The first-order valence-electron chi connectivity index (χ1n) is 11.5. The van der Waals surface area contributed by atoms with Gasteiger partial charge in [0.05, 0.1) is 11.8 Å². The van der Waals surface area contributed by atoms with E-state index in [1.807, 2.05) is 0 Å². The van der Waals surface area contributed by atoms with Gasteiger partial charge < -0.3 is 9.84 Å². The molecule has 0 aromatic carbocycles. The first kappa shape index (κ1) is 24.0. The number of aliphatic carboxylic acids is 1. The molecule has 1 aliphatic carbocycles. The Morgan fingerprint density at radius 3 is 2.15 bits per heavy atom. The molecule has 1 saturated carbocycles. The van der Waals surface area contributed by atoms with E-state index < -0.39 is 17.8 Å². The van der Waals surface area contributed by atoms with Crippen molar-refractivity contribution in [2.45, 2.75) is 117 Å². The average Bonchev–Trinajstić information content (AvgIpc) is 2.66. The number of carbonyl (C=O) groups excluding carboxylic acids is 1. The largest absolute Gasteiger partial charge is 0.481 e. The second-order valence-electron chi connectivity index (χ2n) is 8.42. The van der Waals surface area contributed by atoms with Gasteiger partial charge in [-0.3, -0.25) is 9.59 Å². The van der Waals surface area contributed by atoms with E-state index in [0.29, 0.717) is 18.8 Å². The Morgan fingerprint density at radius 1 is 0.889 bits per heavy atom. The summed E-state index contributed by atoms with van der Waals surface area (Å²) in [4.78, 5) is 24.3. The minimum absolute atomic E-state index is 0.0491. The van der Waals surface area contributed by atoms with Gasteiger partial charge in [0.2, 0.25) is 0 Å². The van der Waals surface area contributed by atoms with Crippen molar-refractivity contribution in [1.29, 1.82) is 0 Å². The molecule has 0 amide bonds. The van der Waals surface area contributed by atoms with Crippen LogP contribution in [-0.4, -0.2) is 23.1 Å². The predicted octanol–water partition coefficient (Wildman–Crippen LogP) is 6.37. The molecule has 158 valence electrons. The highest BCUT2D eigenvalue weighted by Crippen LogP contribution is 2.33. The van der Waals surface area contributed by atoms with Gasteiger partial charge in [0, 0.05) is 0 Å². The monoisotopic (exact) mass is 382 g/mol. The van der Waals surface area contributed by atoms with Crippen LogP contribution < -0.4 is 0 Å². The van der Waals surface area contributed by atoms with Crippen LogP contribution in [0.5, 0.6) is 0 Å². The maximum atomic E-state index is 12.8. The fourth-order valence-corrected chi connectivity index (χ4v) is 4.46. The number of ether oxygens (including phenoxy) is 1. The van der Waals surface area contributed by atoms with Gasteiger partial charge in [-0.05, 0) is 31.6 Å². The van der Waals surface area contributed by atoms with Crippen LogP contribution in [0.3, 0.4) is 0 Å². The summed E-state index contributed by atoms with van der Waals surface area (Å²) in [5, 5.41) is 9.46. The molecule has 0 radical (unpaired) electrons. The fraction of sp³-hybridized carbons (Fsp3) is 0.913. The normalized spacial score (nSPS) is 22.2. The topological polar surface area (TPSA) is 63.6 Å². The molecule has 0 saturated heterocycles. The van der Waals surface area contributed by atoms with E-state index in [2.05, 4.69) is 20.8 Å². The molecule has 0 spiro atoms. The number of carbonyl (C=O) groups is 2. The molecular weight excluding hydrogens is 340 g/mol. The summed E-state index contributed by atoms with van der Waals surface area (Å²) >= 11 is 0. The SMILES string of the molecule is CCCCCC(CCC)CC(CCCC)OC(=O)C1CCCCC1C(=O)O. The minimum atomic E-state index is -0.842. The number of carboxylic acids is 1. The van der Waals surface area contributed by atoms with E-state index in [-0.39, 0.29) is 12.1 Å². The molecule has 0 bridgehead atoms. The van der Waals surface area contributed by atoms with Crippen LogP contribution in [0.15, 0.2) is 0 Å². The third kappa shape index (κ3) is 9.12. The van der Waals surface area contributed by atoms with Crippen molar-refractivity contribution in [3.63, 3.8) is 0 Å². The highest BCUT2D eigenvalue weighted by molar-refractivity contribution is 5.81. The van der Waals surface area contributed by atoms with Crippen LogP contribution in [-0.2, 0) is 14.3 Å². The quantitative estimate of drug-likeness (QED) is 0.280. The van der Waals surface area contributed by atoms with Gasteiger partial charge in [-0.2, -0.15) is 0 Å². The summed E-state index contributed by atoms with van der Waals surface area (Å²) in [6.45, 7) is 6.61. The lowest BCUT2D eigenvalue weighted by molar-refractivity contribution is -0.164. The summed E-state index contributed by atoms with van der Waals surface area (Å²) < 4.78 is 5.95. The van der Waals surface area contributed by atoms with E-state index in [0.717, 1.165) is 44.9 Å². The van der Waals surface area contributed by atoms with Crippen LogP contribution in [0, 0.1) is 17.8 Å². The lowest BCUT2D eigenvalue weighted by Gasteiger charge is -2.30. The molecule has 1 rings (SSSR count). The lowest BCUT2D eigenvalue weighted by Crippen LogP contribution is -2.36. The zero-order valence-corrected chi connectivity index (χ0v) is 17.9. The van der Waals surface area contributed by atoms with Crippen molar-refractivity contribution in [3.05, 3.63) is 0 Å². The Kier molecular flexibility index (Phi) is 12.4. The van der Waals surface area contributed by atoms with Crippen LogP contribution >= 0.6 is 0 Å². The number of hydrogen-bond donors (Lipinski definition) is 1. The summed E-state index contributed by atoms with van der Waals surface area (Å²) in [6.07, 6.45) is 14.3. The Bertz CT molecular complexity index is 421. The number of esters is 1. The lowest BCUT2D eigenvalue weighted by atomic mass is 9.79. The van der Waals surface area contributed by atoms with Crippen molar-refractivity contribution >= 4 is 11.9 Å². The Balaban J connectivity index is 2.69. The van der Waals surface area contributed by atoms with Crippen molar-refractivity contribution in [2.75, 3.05) is 0 Å². The Morgan fingerprint density at radius 2 is 1.56 bits per heavy atom. The molecule has 1 aliphatic rings. The molecule has 0 aliphatic heterocycles. The second-order valence-corrected chi connectivity index (χ2v) is 8.42. The van der Waals surface area contributed by atoms with Gasteiger partial charge in [0.25, 0.3) is 0 Å². The van der Waals surface area contributed by atoms with Crippen molar-refractivity contribution < 1.29 is 19.4 Å². The summed E-state index contributed by atoms with van der Waals surface area (Å²) in [5.41, 5.74) is 0. The molecule has 4 atom stereocenters. The molecule has 27 heavy (non-hydrogen) atoms. The number of carboxylic acid groups (broad SMARTS) is 1. The summed E-state index contributed by atoms with van der Waals surface area (Å²) in [7, 11) is 0. The Hall–Kier alpha value is -1.06. The van der Waals surface area contributed by atoms with Crippen LogP contribution in [0.4, 0.5) is 0 Å². The van der Waals surface area contributed by atoms with Gasteiger partial charge in [0.1, 0.15) is 6.10 Å². The maximum absolute atomic E-state index is 12.8. The molecule has 4 heteroatoms. The van der Waals surface area contributed by atoms with Gasteiger partial charge in [0.15, 0.2) is 0 Å². The highest BCUT2D eigenvalue weighted by Gasteiger charge is 2.37. The van der Waals surface area contributed by atoms with Crippen molar-refractivity contribution in [1.82, 2.24) is 0 Å². The van der Waals surface area contributed by atoms with E-state index >= 15 is 0 Å². The first-order chi connectivity index (χ1) is 13.0. The molecular formula is C23H42O4. The Labute approximate surface area is 166 Å². The smallest absolute Gasteiger partial charge is 0.310 e. The van der Waals surface area contributed by atoms with Crippen LogP contribution in [0.1, 0.15) is 111 Å². The fourth-order valence-electron chi connectivity index (χ4n) is 4.46.